The zero-order chi connectivity index (χ0) is 11.3. The maximum Gasteiger partial charge on any atom is 0.138 e. The van der Waals surface area contributed by atoms with Crippen LogP contribution < -0.4 is 5.32 Å². The summed E-state index contributed by atoms with van der Waals surface area (Å²) in [5.74, 6) is 1.68. The molecule has 1 heterocycles. The molecule has 0 aliphatic rings. The Balaban J connectivity index is 2.31. The second kappa shape index (κ2) is 5.91. The summed E-state index contributed by atoms with van der Waals surface area (Å²) in [4.78, 5) is 0. The molecular formula is C12H22N2O. The second-order valence-corrected chi connectivity index (χ2v) is 4.33. The van der Waals surface area contributed by atoms with Crippen molar-refractivity contribution in [1.82, 2.24) is 10.5 Å². The largest absolute Gasteiger partial charge is 0.361 e. The van der Waals surface area contributed by atoms with E-state index < -0.39 is 0 Å². The van der Waals surface area contributed by atoms with Crippen molar-refractivity contribution in [2.45, 2.75) is 47.1 Å². The van der Waals surface area contributed by atoms with Gasteiger partial charge in [-0.25, -0.2) is 0 Å². The van der Waals surface area contributed by atoms with Crippen molar-refractivity contribution in [3.05, 3.63) is 17.0 Å². The predicted octanol–water partition coefficient (Wildman–Crippen LogP) is 2.82. The molecule has 0 fully saturated rings. The Morgan fingerprint density at radius 3 is 2.67 bits per heavy atom. The lowest BCUT2D eigenvalue weighted by Crippen LogP contribution is -2.21. The van der Waals surface area contributed by atoms with Crippen LogP contribution in [-0.2, 0) is 6.54 Å². The molecule has 0 saturated heterocycles. The molecular weight excluding hydrogens is 188 g/mol. The second-order valence-electron chi connectivity index (χ2n) is 4.33. The first-order chi connectivity index (χ1) is 7.15. The molecule has 86 valence electrons. The number of hydrogen-bond donors (Lipinski definition) is 1. The summed E-state index contributed by atoms with van der Waals surface area (Å²) >= 11 is 0. The third kappa shape index (κ3) is 3.67. The Hall–Kier alpha value is -0.830. The summed E-state index contributed by atoms with van der Waals surface area (Å²) in [5.41, 5.74) is 2.21. The maximum absolute atomic E-state index is 5.11. The number of nitrogens with one attached hydrogen (secondary N) is 1. The van der Waals surface area contributed by atoms with Gasteiger partial charge in [0.1, 0.15) is 5.76 Å². The fourth-order valence-corrected chi connectivity index (χ4v) is 1.79. The number of hydrogen-bond acceptors (Lipinski definition) is 3. The highest BCUT2D eigenvalue weighted by Crippen LogP contribution is 2.11. The average molecular weight is 210 g/mol. The summed E-state index contributed by atoms with van der Waals surface area (Å²) in [6.45, 7) is 10.4. The monoisotopic (exact) mass is 210 g/mol. The van der Waals surface area contributed by atoms with Gasteiger partial charge in [-0.3, -0.25) is 0 Å². The van der Waals surface area contributed by atoms with Crippen molar-refractivity contribution in [2.24, 2.45) is 5.92 Å². The van der Waals surface area contributed by atoms with Crippen LogP contribution in [0, 0.1) is 19.8 Å². The minimum atomic E-state index is 0.746. The zero-order valence-electron chi connectivity index (χ0n) is 10.3. The van der Waals surface area contributed by atoms with Crippen LogP contribution >= 0.6 is 0 Å². The summed E-state index contributed by atoms with van der Waals surface area (Å²) in [7, 11) is 0. The molecule has 3 heteroatoms. The van der Waals surface area contributed by atoms with Crippen molar-refractivity contribution < 1.29 is 4.52 Å². The maximum atomic E-state index is 5.11. The van der Waals surface area contributed by atoms with Crippen molar-refractivity contribution in [2.75, 3.05) is 6.54 Å². The number of aryl methyl sites for hydroxylation is 2. The molecule has 1 N–H and O–H groups in total. The third-order valence-electron chi connectivity index (χ3n) is 2.76. The smallest absolute Gasteiger partial charge is 0.138 e. The molecule has 1 atom stereocenters. The molecule has 0 spiro atoms. The minimum Gasteiger partial charge on any atom is -0.361 e. The van der Waals surface area contributed by atoms with Gasteiger partial charge in [-0.1, -0.05) is 25.4 Å². The first-order valence-electron chi connectivity index (χ1n) is 5.77. The van der Waals surface area contributed by atoms with Gasteiger partial charge in [0, 0.05) is 12.1 Å². The summed E-state index contributed by atoms with van der Waals surface area (Å²) in [6.07, 6.45) is 2.54. The fraction of sp³-hybridized carbons (Fsp3) is 0.750. The van der Waals surface area contributed by atoms with E-state index in [-0.39, 0.29) is 0 Å². The van der Waals surface area contributed by atoms with Crippen LogP contribution in [0.3, 0.4) is 0 Å². The van der Waals surface area contributed by atoms with E-state index in [1.165, 1.54) is 18.4 Å². The van der Waals surface area contributed by atoms with E-state index in [9.17, 15) is 0 Å². The molecule has 0 bridgehead atoms. The van der Waals surface area contributed by atoms with E-state index in [1.807, 2.05) is 13.8 Å². The van der Waals surface area contributed by atoms with Gasteiger partial charge in [-0.2, -0.15) is 0 Å². The molecule has 15 heavy (non-hydrogen) atoms. The van der Waals surface area contributed by atoms with Gasteiger partial charge in [-0.15, -0.1) is 0 Å². The van der Waals surface area contributed by atoms with Crippen molar-refractivity contribution >= 4 is 0 Å². The molecule has 0 unspecified atom stereocenters. The summed E-state index contributed by atoms with van der Waals surface area (Å²) in [5, 5.41) is 7.39. The highest BCUT2D eigenvalue weighted by atomic mass is 16.5. The molecule has 0 aliphatic heterocycles. The molecule has 0 aliphatic carbocycles. The van der Waals surface area contributed by atoms with Crippen molar-refractivity contribution in [3.8, 4) is 0 Å². The summed E-state index contributed by atoms with van der Waals surface area (Å²) in [6, 6.07) is 0. The lowest BCUT2D eigenvalue weighted by molar-refractivity contribution is 0.391. The Bertz CT molecular complexity index is 274. The van der Waals surface area contributed by atoms with E-state index >= 15 is 0 Å². The van der Waals surface area contributed by atoms with Crippen molar-refractivity contribution in [1.29, 1.82) is 0 Å². The van der Waals surface area contributed by atoms with Crippen LogP contribution in [0.15, 0.2) is 4.52 Å². The highest BCUT2D eigenvalue weighted by Gasteiger charge is 2.08. The van der Waals surface area contributed by atoms with Crippen LogP contribution in [-0.4, -0.2) is 11.7 Å². The first-order valence-corrected chi connectivity index (χ1v) is 5.77. The van der Waals surface area contributed by atoms with Crippen LogP contribution in [0.5, 0.6) is 0 Å². The van der Waals surface area contributed by atoms with Gasteiger partial charge >= 0.3 is 0 Å². The Kier molecular flexibility index (Phi) is 4.82. The van der Waals surface area contributed by atoms with Gasteiger partial charge in [0.05, 0.1) is 5.69 Å². The van der Waals surface area contributed by atoms with Crippen LogP contribution in [0.1, 0.15) is 43.7 Å². The van der Waals surface area contributed by atoms with Crippen LogP contribution in [0.4, 0.5) is 0 Å². The van der Waals surface area contributed by atoms with E-state index in [4.69, 9.17) is 4.52 Å². The highest BCUT2D eigenvalue weighted by molar-refractivity contribution is 5.20. The van der Waals surface area contributed by atoms with Crippen LogP contribution in [0.25, 0.3) is 0 Å². The van der Waals surface area contributed by atoms with Crippen molar-refractivity contribution in [3.63, 3.8) is 0 Å². The molecule has 1 aromatic heterocycles. The lowest BCUT2D eigenvalue weighted by atomic mass is 10.1. The Morgan fingerprint density at radius 2 is 2.13 bits per heavy atom. The summed E-state index contributed by atoms with van der Waals surface area (Å²) < 4.78 is 5.11. The standard InChI is InChI=1S/C12H22N2O/c1-5-6-9(2)7-13-8-12-10(3)14-15-11(12)4/h9,13H,5-8H2,1-4H3/t9-/m0/s1. The van der Waals surface area contributed by atoms with Gasteiger partial charge in [-0.05, 0) is 32.7 Å². The SMILES string of the molecule is CCC[C@H](C)CNCc1c(C)noc1C. The Labute approximate surface area is 92.2 Å². The molecule has 1 rings (SSSR count). The quantitative estimate of drug-likeness (QED) is 0.784. The number of nitrogens with zero attached hydrogens (tertiary/aromatic N) is 1. The van der Waals surface area contributed by atoms with E-state index in [1.54, 1.807) is 0 Å². The van der Waals surface area contributed by atoms with Gasteiger partial charge < -0.3 is 9.84 Å². The van der Waals surface area contributed by atoms with E-state index in [2.05, 4.69) is 24.3 Å². The molecule has 3 nitrogen and oxygen atoms in total. The predicted molar refractivity (Wildman–Crippen MR) is 61.8 cm³/mol. The number of aromatic nitrogens is 1. The molecule has 0 radical (unpaired) electrons. The van der Waals surface area contributed by atoms with Gasteiger partial charge in [0.15, 0.2) is 0 Å². The molecule has 0 amide bonds. The lowest BCUT2D eigenvalue weighted by Gasteiger charge is -2.10. The zero-order valence-corrected chi connectivity index (χ0v) is 10.3. The van der Waals surface area contributed by atoms with Gasteiger partial charge in [0.25, 0.3) is 0 Å². The first kappa shape index (κ1) is 12.2. The average Bonchev–Trinajstić information content (AvgIpc) is 2.49. The third-order valence-corrected chi connectivity index (χ3v) is 2.76. The molecule has 0 aromatic carbocycles. The Morgan fingerprint density at radius 1 is 1.40 bits per heavy atom. The van der Waals surface area contributed by atoms with E-state index in [0.29, 0.717) is 0 Å². The molecule has 1 aromatic rings. The molecule has 0 saturated carbocycles. The topological polar surface area (TPSA) is 38.1 Å². The fourth-order valence-electron chi connectivity index (χ4n) is 1.79. The normalized spacial score (nSPS) is 13.1. The minimum absolute atomic E-state index is 0.746. The van der Waals surface area contributed by atoms with Gasteiger partial charge in [0.2, 0.25) is 0 Å². The van der Waals surface area contributed by atoms with Crippen LogP contribution in [0.2, 0.25) is 0 Å². The van der Waals surface area contributed by atoms with E-state index in [0.717, 1.165) is 30.5 Å². The number of rotatable bonds is 6.